The lowest BCUT2D eigenvalue weighted by Gasteiger charge is -2.11. The molecule has 1 unspecified atom stereocenters. The van der Waals surface area contributed by atoms with E-state index in [2.05, 4.69) is 15.3 Å². The molecular weight excluding hydrogens is 222 g/mol. The number of aromatic nitrogens is 2. The highest BCUT2D eigenvalue weighted by Crippen LogP contribution is 2.06. The first-order valence-electron chi connectivity index (χ1n) is 4.10. The van der Waals surface area contributed by atoms with Gasteiger partial charge in [-0.1, -0.05) is 11.6 Å². The van der Waals surface area contributed by atoms with Gasteiger partial charge in [0.2, 0.25) is 0 Å². The second kappa shape index (κ2) is 5.47. The number of nitrogens with one attached hydrogen (secondary N) is 1. The number of aliphatic carboxylic acids is 1. The Balaban J connectivity index is 2.52. The molecule has 1 aromatic rings. The Morgan fingerprint density at radius 2 is 2.47 bits per heavy atom. The first-order valence-corrected chi connectivity index (χ1v) is 4.48. The molecule has 0 aromatic carbocycles. The number of hydrogen-bond donors (Lipinski definition) is 2. The third-order valence-electron chi connectivity index (χ3n) is 1.63. The van der Waals surface area contributed by atoms with E-state index in [0.29, 0.717) is 5.82 Å². The number of carboxylic acids is 1. The summed E-state index contributed by atoms with van der Waals surface area (Å²) in [4.78, 5) is 18.3. The number of nitrogens with zero attached hydrogens (tertiary/aromatic N) is 2. The zero-order valence-corrected chi connectivity index (χ0v) is 8.73. The van der Waals surface area contributed by atoms with Gasteiger partial charge < -0.3 is 15.2 Å². The standard InChI is InChI=1S/C8H10ClN3O3/c1-15-5(8(13)14)2-11-7-4-10-3-6(9)12-7/h3-5H,2H2,1H3,(H,11,12)(H,13,14). The second-order valence-corrected chi connectivity index (χ2v) is 3.06. The molecule has 1 atom stereocenters. The number of anilines is 1. The monoisotopic (exact) mass is 231 g/mol. The fourth-order valence-corrected chi connectivity index (χ4v) is 1.04. The van der Waals surface area contributed by atoms with Crippen LogP contribution in [0.3, 0.4) is 0 Å². The molecule has 1 rings (SSSR count). The van der Waals surface area contributed by atoms with Crippen molar-refractivity contribution in [2.45, 2.75) is 6.10 Å². The molecule has 7 heteroatoms. The normalized spacial score (nSPS) is 12.1. The maximum Gasteiger partial charge on any atom is 0.334 e. The number of hydrogen-bond acceptors (Lipinski definition) is 5. The number of carboxylic acid groups (broad SMARTS) is 1. The molecule has 82 valence electrons. The molecule has 0 bridgehead atoms. The summed E-state index contributed by atoms with van der Waals surface area (Å²) in [5, 5.41) is 11.7. The summed E-state index contributed by atoms with van der Waals surface area (Å²) in [6, 6.07) is 0. The minimum absolute atomic E-state index is 0.0981. The Morgan fingerprint density at radius 1 is 1.73 bits per heavy atom. The number of methoxy groups -OCH3 is 1. The average molecular weight is 232 g/mol. The van der Waals surface area contributed by atoms with Crippen LogP contribution in [0.5, 0.6) is 0 Å². The fraction of sp³-hybridized carbons (Fsp3) is 0.375. The third-order valence-corrected chi connectivity index (χ3v) is 1.82. The first kappa shape index (κ1) is 11.7. The van der Waals surface area contributed by atoms with Gasteiger partial charge in [-0.15, -0.1) is 0 Å². The van der Waals surface area contributed by atoms with E-state index in [4.69, 9.17) is 21.4 Å². The molecular formula is C8H10ClN3O3. The van der Waals surface area contributed by atoms with Crippen LogP contribution in [-0.2, 0) is 9.53 Å². The summed E-state index contributed by atoms with van der Waals surface area (Å²) in [5.74, 6) is -0.634. The van der Waals surface area contributed by atoms with Gasteiger partial charge in [0.15, 0.2) is 6.10 Å². The van der Waals surface area contributed by atoms with Crippen molar-refractivity contribution in [1.29, 1.82) is 0 Å². The summed E-state index contributed by atoms with van der Waals surface area (Å²) in [6.07, 6.45) is 1.91. The lowest BCUT2D eigenvalue weighted by atomic mass is 10.3. The van der Waals surface area contributed by atoms with Crippen molar-refractivity contribution >= 4 is 23.4 Å². The Kier molecular flexibility index (Phi) is 4.26. The Hall–Kier alpha value is -1.40. The zero-order chi connectivity index (χ0) is 11.3. The second-order valence-electron chi connectivity index (χ2n) is 2.67. The van der Waals surface area contributed by atoms with E-state index >= 15 is 0 Å². The molecule has 0 amide bonds. The quantitative estimate of drug-likeness (QED) is 0.774. The smallest absolute Gasteiger partial charge is 0.334 e. The Morgan fingerprint density at radius 3 is 3.00 bits per heavy atom. The summed E-state index contributed by atoms with van der Waals surface area (Å²) in [6.45, 7) is 0.0981. The molecule has 2 N–H and O–H groups in total. The van der Waals surface area contributed by atoms with Crippen LogP contribution in [0.1, 0.15) is 0 Å². The van der Waals surface area contributed by atoms with E-state index in [1.807, 2.05) is 0 Å². The highest BCUT2D eigenvalue weighted by Gasteiger charge is 2.15. The maximum absolute atomic E-state index is 10.6. The molecule has 0 radical (unpaired) electrons. The summed E-state index contributed by atoms with van der Waals surface area (Å²) >= 11 is 5.60. The van der Waals surface area contributed by atoms with Gasteiger partial charge in [0.1, 0.15) is 11.0 Å². The van der Waals surface area contributed by atoms with E-state index in [0.717, 1.165) is 0 Å². The van der Waals surface area contributed by atoms with Crippen LogP contribution in [0.4, 0.5) is 5.82 Å². The predicted molar refractivity (Wildman–Crippen MR) is 54.0 cm³/mol. The van der Waals surface area contributed by atoms with Crippen molar-refractivity contribution in [2.75, 3.05) is 19.0 Å². The highest BCUT2D eigenvalue weighted by atomic mass is 35.5. The van der Waals surface area contributed by atoms with Crippen molar-refractivity contribution in [3.63, 3.8) is 0 Å². The van der Waals surface area contributed by atoms with E-state index < -0.39 is 12.1 Å². The average Bonchev–Trinajstić information content (AvgIpc) is 2.18. The first-order chi connectivity index (χ1) is 7.13. The van der Waals surface area contributed by atoms with Gasteiger partial charge in [-0.05, 0) is 0 Å². The Bertz CT molecular complexity index is 348. The molecule has 1 aromatic heterocycles. The van der Waals surface area contributed by atoms with Crippen molar-refractivity contribution < 1.29 is 14.6 Å². The number of halogens is 1. The topological polar surface area (TPSA) is 84.3 Å². The highest BCUT2D eigenvalue weighted by molar-refractivity contribution is 6.29. The lowest BCUT2D eigenvalue weighted by Crippen LogP contribution is -2.30. The summed E-state index contributed by atoms with van der Waals surface area (Å²) in [5.41, 5.74) is 0. The molecule has 1 heterocycles. The van der Waals surface area contributed by atoms with Gasteiger partial charge >= 0.3 is 5.97 Å². The SMILES string of the molecule is COC(CNc1cncc(Cl)n1)C(=O)O. The minimum Gasteiger partial charge on any atom is -0.479 e. The van der Waals surface area contributed by atoms with Gasteiger partial charge in [0.25, 0.3) is 0 Å². The molecule has 0 aliphatic carbocycles. The Labute approximate surface area is 91.3 Å². The molecule has 0 saturated heterocycles. The molecule has 0 saturated carbocycles. The van der Waals surface area contributed by atoms with Crippen LogP contribution in [-0.4, -0.2) is 40.8 Å². The van der Waals surface area contributed by atoms with Crippen molar-refractivity contribution in [3.05, 3.63) is 17.5 Å². The van der Waals surface area contributed by atoms with Gasteiger partial charge in [-0.3, -0.25) is 4.98 Å². The van der Waals surface area contributed by atoms with Gasteiger partial charge in [-0.2, -0.15) is 0 Å². The van der Waals surface area contributed by atoms with Crippen molar-refractivity contribution in [2.24, 2.45) is 0 Å². The van der Waals surface area contributed by atoms with Gasteiger partial charge in [0.05, 0.1) is 18.9 Å². The minimum atomic E-state index is -1.04. The van der Waals surface area contributed by atoms with Crippen molar-refractivity contribution in [1.82, 2.24) is 9.97 Å². The van der Waals surface area contributed by atoms with E-state index in [9.17, 15) is 4.79 Å². The number of carbonyl (C=O) groups is 1. The molecule has 0 spiro atoms. The van der Waals surface area contributed by atoms with Crippen LogP contribution >= 0.6 is 11.6 Å². The van der Waals surface area contributed by atoms with Crippen LogP contribution < -0.4 is 5.32 Å². The summed E-state index contributed by atoms with van der Waals surface area (Å²) in [7, 11) is 1.32. The van der Waals surface area contributed by atoms with Gasteiger partial charge in [0, 0.05) is 7.11 Å². The van der Waals surface area contributed by atoms with Crippen LogP contribution in [0, 0.1) is 0 Å². The number of rotatable bonds is 5. The number of ether oxygens (including phenoxy) is 1. The molecule has 0 fully saturated rings. The van der Waals surface area contributed by atoms with Crippen molar-refractivity contribution in [3.8, 4) is 0 Å². The molecule has 15 heavy (non-hydrogen) atoms. The summed E-state index contributed by atoms with van der Waals surface area (Å²) < 4.78 is 4.72. The molecule has 6 nitrogen and oxygen atoms in total. The van der Waals surface area contributed by atoms with E-state index in [1.165, 1.54) is 19.5 Å². The largest absolute Gasteiger partial charge is 0.479 e. The van der Waals surface area contributed by atoms with E-state index in [-0.39, 0.29) is 11.7 Å². The molecule has 0 aliphatic rings. The predicted octanol–water partition coefficient (Wildman–Crippen LogP) is 0.641. The molecule has 0 aliphatic heterocycles. The fourth-order valence-electron chi connectivity index (χ4n) is 0.896. The van der Waals surface area contributed by atoms with E-state index in [1.54, 1.807) is 0 Å². The maximum atomic E-state index is 10.6. The van der Waals surface area contributed by atoms with Gasteiger partial charge in [-0.25, -0.2) is 9.78 Å². The zero-order valence-electron chi connectivity index (χ0n) is 7.98. The van der Waals surface area contributed by atoms with Crippen LogP contribution in [0.15, 0.2) is 12.4 Å². The lowest BCUT2D eigenvalue weighted by molar-refractivity contribution is -0.147. The van der Waals surface area contributed by atoms with Crippen LogP contribution in [0.2, 0.25) is 5.15 Å². The van der Waals surface area contributed by atoms with Crippen LogP contribution in [0.25, 0.3) is 0 Å². The third kappa shape index (κ3) is 3.69.